The molecule has 3 heterocycles. The monoisotopic (exact) mass is 409 g/mol. The Kier molecular flexibility index (Phi) is 5.81. The standard InChI is InChI=1S/C23H27N3O2S/c1-3-18-11-17(9-10-24-18)22-25-20(14-29-22)21-12-19(23(27)28)15(2)26(21)13-16-7-5-4-6-8-16/h9-12,14,16H,3-8,13H2,1-2H3,(H,27,28). The van der Waals surface area contributed by atoms with Crippen LogP contribution in [0.1, 0.15) is 60.8 Å². The number of carboxylic acid groups (broad SMARTS) is 1. The van der Waals surface area contributed by atoms with Gasteiger partial charge in [-0.3, -0.25) is 4.98 Å². The first kappa shape index (κ1) is 19.8. The number of rotatable bonds is 6. The van der Waals surface area contributed by atoms with Crippen molar-refractivity contribution in [3.05, 3.63) is 46.7 Å². The number of carbonyl (C=O) groups is 1. The molecule has 1 N–H and O–H groups in total. The second-order valence-electron chi connectivity index (χ2n) is 7.88. The minimum atomic E-state index is -0.872. The molecule has 1 saturated carbocycles. The SMILES string of the molecule is CCc1cc(-c2nc(-c3cc(C(=O)O)c(C)n3CC3CCCCC3)cs2)ccn1. The lowest BCUT2D eigenvalue weighted by atomic mass is 9.89. The van der Waals surface area contributed by atoms with Gasteiger partial charge in [0.1, 0.15) is 5.01 Å². The van der Waals surface area contributed by atoms with E-state index in [-0.39, 0.29) is 0 Å². The van der Waals surface area contributed by atoms with Gasteiger partial charge < -0.3 is 9.67 Å². The maximum atomic E-state index is 11.8. The molecule has 3 aromatic heterocycles. The molecule has 1 aliphatic rings. The lowest BCUT2D eigenvalue weighted by molar-refractivity contribution is 0.0696. The molecule has 0 spiro atoms. The van der Waals surface area contributed by atoms with Crippen LogP contribution in [0, 0.1) is 12.8 Å². The van der Waals surface area contributed by atoms with Gasteiger partial charge >= 0.3 is 5.97 Å². The van der Waals surface area contributed by atoms with Crippen LogP contribution in [0.5, 0.6) is 0 Å². The molecule has 0 radical (unpaired) electrons. The highest BCUT2D eigenvalue weighted by Crippen LogP contribution is 2.34. The first-order valence-electron chi connectivity index (χ1n) is 10.4. The van der Waals surface area contributed by atoms with Gasteiger partial charge in [0.05, 0.1) is 17.0 Å². The van der Waals surface area contributed by atoms with Crippen molar-refractivity contribution >= 4 is 17.3 Å². The highest BCUT2D eigenvalue weighted by molar-refractivity contribution is 7.13. The summed E-state index contributed by atoms with van der Waals surface area (Å²) in [5, 5.41) is 12.6. The number of carboxylic acids is 1. The summed E-state index contributed by atoms with van der Waals surface area (Å²) in [5.74, 6) is -0.260. The largest absolute Gasteiger partial charge is 0.478 e. The minimum Gasteiger partial charge on any atom is -0.478 e. The van der Waals surface area contributed by atoms with Crippen LogP contribution >= 0.6 is 11.3 Å². The number of aromatic nitrogens is 3. The first-order chi connectivity index (χ1) is 14.1. The molecule has 3 aromatic rings. The van der Waals surface area contributed by atoms with E-state index in [1.54, 1.807) is 17.4 Å². The zero-order chi connectivity index (χ0) is 20.4. The van der Waals surface area contributed by atoms with E-state index in [0.29, 0.717) is 11.5 Å². The third-order valence-electron chi connectivity index (χ3n) is 5.95. The van der Waals surface area contributed by atoms with Gasteiger partial charge in [-0.1, -0.05) is 26.2 Å². The molecular formula is C23H27N3O2S. The topological polar surface area (TPSA) is 68.0 Å². The van der Waals surface area contributed by atoms with Crippen molar-refractivity contribution in [2.75, 3.05) is 0 Å². The van der Waals surface area contributed by atoms with Gasteiger partial charge in [-0.2, -0.15) is 0 Å². The summed E-state index contributed by atoms with van der Waals surface area (Å²) in [7, 11) is 0. The Bertz CT molecular complexity index is 1020. The molecule has 0 aromatic carbocycles. The molecule has 0 unspecified atom stereocenters. The molecule has 6 heteroatoms. The number of hydrogen-bond donors (Lipinski definition) is 1. The lowest BCUT2D eigenvalue weighted by Crippen LogP contribution is -2.16. The Hall–Kier alpha value is -2.47. The molecule has 0 aliphatic heterocycles. The van der Waals surface area contributed by atoms with Gasteiger partial charge in [-0.05, 0) is 50.3 Å². The molecule has 4 rings (SSSR count). The third-order valence-corrected chi connectivity index (χ3v) is 6.85. The maximum Gasteiger partial charge on any atom is 0.337 e. The fourth-order valence-corrected chi connectivity index (χ4v) is 5.08. The Morgan fingerprint density at radius 3 is 2.79 bits per heavy atom. The van der Waals surface area contributed by atoms with Gasteiger partial charge in [-0.15, -0.1) is 11.3 Å². The number of thiazole rings is 1. The number of pyridine rings is 1. The van der Waals surface area contributed by atoms with Crippen LogP contribution in [0.3, 0.4) is 0 Å². The van der Waals surface area contributed by atoms with E-state index in [9.17, 15) is 9.90 Å². The van der Waals surface area contributed by atoms with E-state index >= 15 is 0 Å². The zero-order valence-electron chi connectivity index (χ0n) is 17.0. The van der Waals surface area contributed by atoms with Crippen molar-refractivity contribution in [2.24, 2.45) is 5.92 Å². The van der Waals surface area contributed by atoms with E-state index < -0.39 is 5.97 Å². The quantitative estimate of drug-likeness (QED) is 0.557. The third kappa shape index (κ3) is 4.13. The zero-order valence-corrected chi connectivity index (χ0v) is 17.8. The summed E-state index contributed by atoms with van der Waals surface area (Å²) in [6.07, 6.45) is 9.02. The molecular weight excluding hydrogens is 382 g/mol. The van der Waals surface area contributed by atoms with E-state index in [0.717, 1.165) is 46.3 Å². The van der Waals surface area contributed by atoms with E-state index in [4.69, 9.17) is 4.98 Å². The summed E-state index contributed by atoms with van der Waals surface area (Å²) in [5.41, 5.74) is 5.08. The second-order valence-corrected chi connectivity index (χ2v) is 8.73. The molecule has 0 amide bonds. The van der Waals surface area contributed by atoms with Gasteiger partial charge in [0, 0.05) is 35.1 Å². The molecule has 152 valence electrons. The molecule has 0 atom stereocenters. The molecule has 0 bridgehead atoms. The van der Waals surface area contributed by atoms with Crippen LogP contribution in [0.2, 0.25) is 0 Å². The fraction of sp³-hybridized carbons (Fsp3) is 0.435. The summed E-state index contributed by atoms with van der Waals surface area (Å²) in [6, 6.07) is 5.86. The van der Waals surface area contributed by atoms with Crippen LogP contribution in [0.4, 0.5) is 0 Å². The molecule has 0 saturated heterocycles. The lowest BCUT2D eigenvalue weighted by Gasteiger charge is -2.24. The average Bonchev–Trinajstić information content (AvgIpc) is 3.34. The smallest absolute Gasteiger partial charge is 0.337 e. The minimum absolute atomic E-state index is 0.377. The van der Waals surface area contributed by atoms with Crippen molar-refractivity contribution < 1.29 is 9.90 Å². The van der Waals surface area contributed by atoms with Crippen LogP contribution in [-0.2, 0) is 13.0 Å². The Morgan fingerprint density at radius 1 is 1.28 bits per heavy atom. The van der Waals surface area contributed by atoms with E-state index in [1.165, 1.54) is 32.1 Å². The van der Waals surface area contributed by atoms with E-state index in [1.807, 2.05) is 24.6 Å². The number of hydrogen-bond acceptors (Lipinski definition) is 4. The molecule has 1 fully saturated rings. The second kappa shape index (κ2) is 8.49. The maximum absolute atomic E-state index is 11.8. The van der Waals surface area contributed by atoms with Gasteiger partial charge in [-0.25, -0.2) is 9.78 Å². The van der Waals surface area contributed by atoms with Crippen LogP contribution < -0.4 is 0 Å². The van der Waals surface area contributed by atoms with Crippen molar-refractivity contribution in [1.82, 2.24) is 14.5 Å². The first-order valence-corrected chi connectivity index (χ1v) is 11.3. The van der Waals surface area contributed by atoms with Crippen LogP contribution in [0.15, 0.2) is 29.8 Å². The summed E-state index contributed by atoms with van der Waals surface area (Å²) in [6.45, 7) is 4.88. The number of aromatic carboxylic acids is 1. The Morgan fingerprint density at radius 2 is 2.07 bits per heavy atom. The molecule has 29 heavy (non-hydrogen) atoms. The normalized spacial score (nSPS) is 15.0. The summed E-state index contributed by atoms with van der Waals surface area (Å²) < 4.78 is 2.18. The van der Waals surface area contributed by atoms with Crippen LogP contribution in [-0.4, -0.2) is 25.6 Å². The van der Waals surface area contributed by atoms with Gasteiger partial charge in [0.15, 0.2) is 0 Å². The highest BCUT2D eigenvalue weighted by atomic mass is 32.1. The average molecular weight is 410 g/mol. The molecule has 1 aliphatic carbocycles. The van der Waals surface area contributed by atoms with Crippen molar-refractivity contribution in [3.8, 4) is 22.0 Å². The van der Waals surface area contributed by atoms with Crippen LogP contribution in [0.25, 0.3) is 22.0 Å². The summed E-state index contributed by atoms with van der Waals surface area (Å²) >= 11 is 1.60. The number of aryl methyl sites for hydroxylation is 1. The van der Waals surface area contributed by atoms with Gasteiger partial charge in [0.25, 0.3) is 0 Å². The molecule has 5 nitrogen and oxygen atoms in total. The Balaban J connectivity index is 1.71. The highest BCUT2D eigenvalue weighted by Gasteiger charge is 2.23. The Labute approximate surface area is 175 Å². The fourth-order valence-electron chi connectivity index (χ4n) is 4.27. The van der Waals surface area contributed by atoms with Crippen molar-refractivity contribution in [1.29, 1.82) is 0 Å². The predicted octanol–water partition coefficient (Wildman–Crippen LogP) is 5.82. The van der Waals surface area contributed by atoms with Crippen molar-refractivity contribution in [3.63, 3.8) is 0 Å². The van der Waals surface area contributed by atoms with E-state index in [2.05, 4.69) is 22.5 Å². The number of nitrogens with zero attached hydrogens (tertiary/aromatic N) is 3. The van der Waals surface area contributed by atoms with Gasteiger partial charge in [0.2, 0.25) is 0 Å². The summed E-state index contributed by atoms with van der Waals surface area (Å²) in [4.78, 5) is 21.0. The van der Waals surface area contributed by atoms with Crippen molar-refractivity contribution in [2.45, 2.75) is 58.9 Å². The predicted molar refractivity (Wildman–Crippen MR) is 116 cm³/mol.